The number of rotatable bonds is 2. The molecule has 20 heavy (non-hydrogen) atoms. The summed E-state index contributed by atoms with van der Waals surface area (Å²) in [6.07, 6.45) is 4.90. The van der Waals surface area contributed by atoms with E-state index in [4.69, 9.17) is 0 Å². The van der Waals surface area contributed by atoms with Crippen LogP contribution < -0.4 is 9.80 Å². The lowest BCUT2D eigenvalue weighted by Gasteiger charge is -2.24. The molecule has 1 amide bonds. The molecule has 1 aromatic rings. The van der Waals surface area contributed by atoms with E-state index < -0.39 is 6.10 Å². The number of carbonyl (C=O) groups excluding carboxylic acids is 1. The summed E-state index contributed by atoms with van der Waals surface area (Å²) in [5.74, 6) is 0.0139. The zero-order chi connectivity index (χ0) is 13.9. The molecular weight excluding hydrogens is 252 g/mol. The number of hydrogen-bond donors (Lipinski definition) is 1. The summed E-state index contributed by atoms with van der Waals surface area (Å²) in [5, 5.41) is 9.55. The number of carbonyl (C=O) groups is 1. The Morgan fingerprint density at radius 1 is 0.950 bits per heavy atom. The van der Waals surface area contributed by atoms with Crippen molar-refractivity contribution in [3.63, 3.8) is 0 Å². The fourth-order valence-corrected chi connectivity index (χ4v) is 3.11. The number of anilines is 2. The van der Waals surface area contributed by atoms with E-state index in [0.717, 1.165) is 18.8 Å². The van der Waals surface area contributed by atoms with Crippen LogP contribution >= 0.6 is 0 Å². The number of benzene rings is 1. The van der Waals surface area contributed by atoms with Gasteiger partial charge in [0.15, 0.2) is 0 Å². The Labute approximate surface area is 120 Å². The standard InChI is InChI=1S/C16H22N2O2/c19-15-11-16(20)18(12-15)14-7-5-13(6-8-14)17-9-3-1-2-4-10-17/h5-8,15,19H,1-4,9-12H2. The Kier molecular flexibility index (Phi) is 3.92. The molecule has 0 aromatic heterocycles. The maximum absolute atomic E-state index is 11.8. The van der Waals surface area contributed by atoms with Crippen LogP contribution in [0.25, 0.3) is 0 Å². The van der Waals surface area contributed by atoms with Gasteiger partial charge < -0.3 is 14.9 Å². The van der Waals surface area contributed by atoms with Crippen LogP contribution in [0.15, 0.2) is 24.3 Å². The quantitative estimate of drug-likeness (QED) is 0.899. The van der Waals surface area contributed by atoms with Gasteiger partial charge in [0.05, 0.1) is 19.1 Å². The Morgan fingerprint density at radius 2 is 1.55 bits per heavy atom. The Balaban J connectivity index is 1.72. The monoisotopic (exact) mass is 274 g/mol. The molecule has 2 heterocycles. The fourth-order valence-electron chi connectivity index (χ4n) is 3.11. The van der Waals surface area contributed by atoms with Crippen LogP contribution in [0.4, 0.5) is 11.4 Å². The predicted octanol–water partition coefficient (Wildman–Crippen LogP) is 2.16. The van der Waals surface area contributed by atoms with Crippen LogP contribution in [0.3, 0.4) is 0 Å². The summed E-state index contributed by atoms with van der Waals surface area (Å²) in [7, 11) is 0. The Bertz CT molecular complexity index is 464. The molecule has 0 radical (unpaired) electrons. The van der Waals surface area contributed by atoms with Crippen LogP contribution in [0, 0.1) is 0 Å². The maximum Gasteiger partial charge on any atom is 0.229 e. The second-order valence-corrected chi connectivity index (χ2v) is 5.78. The average molecular weight is 274 g/mol. The number of nitrogens with zero attached hydrogens (tertiary/aromatic N) is 2. The van der Waals surface area contributed by atoms with Crippen molar-refractivity contribution in [2.45, 2.75) is 38.2 Å². The zero-order valence-corrected chi connectivity index (χ0v) is 11.8. The van der Waals surface area contributed by atoms with Crippen molar-refractivity contribution < 1.29 is 9.90 Å². The van der Waals surface area contributed by atoms with E-state index in [1.165, 1.54) is 31.4 Å². The molecule has 108 valence electrons. The molecule has 2 aliphatic heterocycles. The van der Waals surface area contributed by atoms with Gasteiger partial charge in [0, 0.05) is 24.5 Å². The first kappa shape index (κ1) is 13.4. The van der Waals surface area contributed by atoms with Crippen LogP contribution in [0.5, 0.6) is 0 Å². The zero-order valence-electron chi connectivity index (χ0n) is 11.8. The summed E-state index contributed by atoms with van der Waals surface area (Å²) in [4.78, 5) is 15.9. The summed E-state index contributed by atoms with van der Waals surface area (Å²) in [5.41, 5.74) is 2.13. The van der Waals surface area contributed by atoms with Gasteiger partial charge in [-0.25, -0.2) is 0 Å². The minimum Gasteiger partial charge on any atom is -0.391 e. The molecule has 2 fully saturated rings. The molecule has 3 rings (SSSR count). The van der Waals surface area contributed by atoms with Crippen molar-refractivity contribution in [3.05, 3.63) is 24.3 Å². The Morgan fingerprint density at radius 3 is 2.10 bits per heavy atom. The maximum atomic E-state index is 11.8. The molecular formula is C16H22N2O2. The van der Waals surface area contributed by atoms with Crippen molar-refractivity contribution in [3.8, 4) is 0 Å². The molecule has 4 nitrogen and oxygen atoms in total. The van der Waals surface area contributed by atoms with E-state index in [-0.39, 0.29) is 12.3 Å². The van der Waals surface area contributed by atoms with Gasteiger partial charge in [-0.05, 0) is 37.1 Å². The largest absolute Gasteiger partial charge is 0.391 e. The van der Waals surface area contributed by atoms with Crippen molar-refractivity contribution in [2.75, 3.05) is 29.4 Å². The number of aliphatic hydroxyl groups is 1. The molecule has 0 spiro atoms. The second kappa shape index (κ2) is 5.83. The van der Waals surface area contributed by atoms with Gasteiger partial charge >= 0.3 is 0 Å². The third kappa shape index (κ3) is 2.80. The normalized spacial score (nSPS) is 24.1. The van der Waals surface area contributed by atoms with Crippen LogP contribution in [-0.2, 0) is 4.79 Å². The van der Waals surface area contributed by atoms with E-state index >= 15 is 0 Å². The highest BCUT2D eigenvalue weighted by atomic mass is 16.3. The van der Waals surface area contributed by atoms with Gasteiger partial charge in [0.2, 0.25) is 5.91 Å². The smallest absolute Gasteiger partial charge is 0.229 e. The molecule has 2 aliphatic rings. The summed E-state index contributed by atoms with van der Waals surface area (Å²) in [6.45, 7) is 2.67. The summed E-state index contributed by atoms with van der Waals surface area (Å²) >= 11 is 0. The number of amides is 1. The lowest BCUT2D eigenvalue weighted by atomic mass is 10.2. The number of β-amino-alcohol motifs (C(OH)–C–C–N with tert-alkyl or cyclic N) is 1. The topological polar surface area (TPSA) is 43.8 Å². The van der Waals surface area contributed by atoms with E-state index in [1.807, 2.05) is 12.1 Å². The third-order valence-electron chi connectivity index (χ3n) is 4.24. The molecule has 1 N–H and O–H groups in total. The van der Waals surface area contributed by atoms with Gasteiger partial charge in [0.1, 0.15) is 0 Å². The lowest BCUT2D eigenvalue weighted by molar-refractivity contribution is -0.117. The molecule has 0 aliphatic carbocycles. The number of aliphatic hydroxyl groups excluding tert-OH is 1. The first-order chi connectivity index (χ1) is 9.74. The molecule has 4 heteroatoms. The van der Waals surface area contributed by atoms with Crippen molar-refractivity contribution >= 4 is 17.3 Å². The van der Waals surface area contributed by atoms with Crippen LogP contribution in [-0.4, -0.2) is 36.8 Å². The highest BCUT2D eigenvalue weighted by Crippen LogP contribution is 2.26. The third-order valence-corrected chi connectivity index (χ3v) is 4.24. The highest BCUT2D eigenvalue weighted by molar-refractivity contribution is 5.96. The van der Waals surface area contributed by atoms with E-state index in [1.54, 1.807) is 4.90 Å². The minimum atomic E-state index is -0.521. The second-order valence-electron chi connectivity index (χ2n) is 5.78. The fraction of sp³-hybridized carbons (Fsp3) is 0.562. The first-order valence-electron chi connectivity index (χ1n) is 7.57. The van der Waals surface area contributed by atoms with E-state index in [2.05, 4.69) is 17.0 Å². The molecule has 1 aromatic carbocycles. The highest BCUT2D eigenvalue weighted by Gasteiger charge is 2.28. The van der Waals surface area contributed by atoms with Gasteiger partial charge in [0.25, 0.3) is 0 Å². The molecule has 0 bridgehead atoms. The average Bonchev–Trinajstić information content (AvgIpc) is 2.68. The molecule has 0 saturated carbocycles. The van der Waals surface area contributed by atoms with E-state index in [9.17, 15) is 9.90 Å². The lowest BCUT2D eigenvalue weighted by Crippen LogP contribution is -2.26. The SMILES string of the molecule is O=C1CC(O)CN1c1ccc(N2CCCCCC2)cc1. The van der Waals surface area contributed by atoms with E-state index in [0.29, 0.717) is 6.54 Å². The van der Waals surface area contributed by atoms with Crippen molar-refractivity contribution in [2.24, 2.45) is 0 Å². The van der Waals surface area contributed by atoms with Crippen LogP contribution in [0.2, 0.25) is 0 Å². The van der Waals surface area contributed by atoms with Gasteiger partial charge in [-0.1, -0.05) is 12.8 Å². The first-order valence-corrected chi connectivity index (χ1v) is 7.57. The summed E-state index contributed by atoms with van der Waals surface area (Å²) < 4.78 is 0. The van der Waals surface area contributed by atoms with Crippen molar-refractivity contribution in [1.82, 2.24) is 0 Å². The molecule has 1 atom stereocenters. The van der Waals surface area contributed by atoms with Crippen molar-refractivity contribution in [1.29, 1.82) is 0 Å². The predicted molar refractivity (Wildman–Crippen MR) is 80.1 cm³/mol. The Hall–Kier alpha value is -1.55. The van der Waals surface area contributed by atoms with Crippen LogP contribution in [0.1, 0.15) is 32.1 Å². The molecule has 1 unspecified atom stereocenters. The minimum absolute atomic E-state index is 0.0139. The summed E-state index contributed by atoms with van der Waals surface area (Å²) in [6, 6.07) is 8.18. The van der Waals surface area contributed by atoms with Gasteiger partial charge in [-0.2, -0.15) is 0 Å². The molecule has 2 saturated heterocycles. The number of hydrogen-bond acceptors (Lipinski definition) is 3. The van der Waals surface area contributed by atoms with Gasteiger partial charge in [-0.15, -0.1) is 0 Å². The van der Waals surface area contributed by atoms with Gasteiger partial charge in [-0.3, -0.25) is 4.79 Å².